The van der Waals surface area contributed by atoms with Gasteiger partial charge in [0.05, 0.1) is 5.41 Å². The molecule has 0 fully saturated rings. The van der Waals surface area contributed by atoms with Gasteiger partial charge in [-0.2, -0.15) is 0 Å². The maximum absolute atomic E-state index is 13.1. The zero-order valence-corrected chi connectivity index (χ0v) is 17.6. The molecule has 2 N–H and O–H groups in total. The van der Waals surface area contributed by atoms with Crippen LogP contribution in [0.15, 0.2) is 18.2 Å². The zero-order valence-electron chi connectivity index (χ0n) is 17.6. The van der Waals surface area contributed by atoms with Gasteiger partial charge in [0, 0.05) is 0 Å². The number of unbranched alkanes of at least 4 members (excludes halogenated alkanes) is 4. The first-order chi connectivity index (χ1) is 12.9. The Labute approximate surface area is 164 Å². The van der Waals surface area contributed by atoms with E-state index in [1.807, 2.05) is 6.92 Å². The number of phenols is 2. The summed E-state index contributed by atoms with van der Waals surface area (Å²) in [6.07, 6.45) is 10.1. The third-order valence-electron chi connectivity index (χ3n) is 5.49. The van der Waals surface area contributed by atoms with E-state index in [-0.39, 0.29) is 23.2 Å². The van der Waals surface area contributed by atoms with E-state index in [4.69, 9.17) is 4.74 Å². The largest absolute Gasteiger partial charge is 0.504 e. The Morgan fingerprint density at radius 2 is 1.70 bits per heavy atom. The van der Waals surface area contributed by atoms with Crippen molar-refractivity contribution in [2.45, 2.75) is 91.9 Å². The highest BCUT2D eigenvalue weighted by molar-refractivity contribution is 5.80. The van der Waals surface area contributed by atoms with Crippen LogP contribution in [-0.4, -0.2) is 16.2 Å². The van der Waals surface area contributed by atoms with Crippen LogP contribution in [0.2, 0.25) is 0 Å². The fourth-order valence-electron chi connectivity index (χ4n) is 3.53. The van der Waals surface area contributed by atoms with Crippen molar-refractivity contribution in [3.8, 4) is 17.2 Å². The number of carbonyl (C=O) groups is 1. The maximum atomic E-state index is 13.1. The lowest BCUT2D eigenvalue weighted by Gasteiger charge is -2.31. The molecule has 4 nitrogen and oxygen atoms in total. The average molecular weight is 379 g/mol. The van der Waals surface area contributed by atoms with Crippen LogP contribution in [0.1, 0.15) is 91.9 Å². The summed E-state index contributed by atoms with van der Waals surface area (Å²) in [5.41, 5.74) is -0.525. The summed E-state index contributed by atoms with van der Waals surface area (Å²) in [4.78, 5) is 13.1. The summed E-state index contributed by atoms with van der Waals surface area (Å²) in [6, 6.07) is 4.45. The van der Waals surface area contributed by atoms with Gasteiger partial charge in [0.1, 0.15) is 0 Å². The van der Waals surface area contributed by atoms with E-state index < -0.39 is 5.41 Å². The van der Waals surface area contributed by atoms with Gasteiger partial charge in [-0.15, -0.1) is 0 Å². The molecule has 0 heterocycles. The molecule has 0 saturated carbocycles. The lowest BCUT2D eigenvalue weighted by Crippen LogP contribution is -2.34. The Morgan fingerprint density at radius 3 is 2.30 bits per heavy atom. The number of phenolic OH excluding ortho intramolecular Hbond substituents is 2. The normalized spacial score (nSPS) is 13.5. The molecule has 154 valence electrons. The number of rotatable bonds is 13. The Balaban J connectivity index is 2.88. The van der Waals surface area contributed by atoms with Gasteiger partial charge in [-0.1, -0.05) is 78.7 Å². The molecule has 0 bridgehead atoms. The molecule has 1 aromatic carbocycles. The summed E-state index contributed by atoms with van der Waals surface area (Å²) < 4.78 is 5.57. The van der Waals surface area contributed by atoms with Crippen LogP contribution in [0.25, 0.3) is 0 Å². The SMILES string of the molecule is CCCCCCC(CC)(CCCCC(C)C)C(=O)Oc1cccc(O)c1O. The van der Waals surface area contributed by atoms with Crippen molar-refractivity contribution in [3.05, 3.63) is 18.2 Å². The van der Waals surface area contributed by atoms with Crippen molar-refractivity contribution < 1.29 is 19.7 Å². The van der Waals surface area contributed by atoms with Crippen LogP contribution in [0, 0.1) is 11.3 Å². The molecule has 1 rings (SSSR count). The second-order valence-electron chi connectivity index (χ2n) is 8.10. The fourth-order valence-corrected chi connectivity index (χ4v) is 3.53. The van der Waals surface area contributed by atoms with Crippen LogP contribution in [0.4, 0.5) is 0 Å². The molecule has 0 aliphatic carbocycles. The summed E-state index contributed by atoms with van der Waals surface area (Å²) >= 11 is 0. The van der Waals surface area contributed by atoms with Crippen LogP contribution in [0.3, 0.4) is 0 Å². The quantitative estimate of drug-likeness (QED) is 0.176. The predicted octanol–water partition coefficient (Wildman–Crippen LogP) is 6.59. The Hall–Kier alpha value is -1.71. The van der Waals surface area contributed by atoms with Crippen LogP contribution in [0.5, 0.6) is 17.2 Å². The molecule has 0 saturated heterocycles. The topological polar surface area (TPSA) is 66.8 Å². The first kappa shape index (κ1) is 23.3. The minimum Gasteiger partial charge on any atom is -0.504 e. The van der Waals surface area contributed by atoms with E-state index in [1.165, 1.54) is 18.6 Å². The highest BCUT2D eigenvalue weighted by Gasteiger charge is 2.38. The minimum atomic E-state index is -0.525. The van der Waals surface area contributed by atoms with Crippen molar-refractivity contribution in [2.24, 2.45) is 11.3 Å². The molecule has 0 radical (unpaired) electrons. The van der Waals surface area contributed by atoms with Crippen molar-refractivity contribution in [2.75, 3.05) is 0 Å². The molecule has 1 atom stereocenters. The first-order valence-corrected chi connectivity index (χ1v) is 10.6. The highest BCUT2D eigenvalue weighted by atomic mass is 16.5. The van der Waals surface area contributed by atoms with Gasteiger partial charge in [0.2, 0.25) is 5.75 Å². The molecular weight excluding hydrogens is 340 g/mol. The lowest BCUT2D eigenvalue weighted by molar-refractivity contribution is -0.147. The Bertz CT molecular complexity index is 567. The number of aromatic hydroxyl groups is 2. The smallest absolute Gasteiger partial charge is 0.317 e. The molecule has 4 heteroatoms. The molecule has 1 unspecified atom stereocenters. The summed E-state index contributed by atoms with van der Waals surface area (Å²) in [5.74, 6) is -0.230. The molecule has 0 aliphatic rings. The van der Waals surface area contributed by atoms with Crippen molar-refractivity contribution in [1.29, 1.82) is 0 Å². The number of hydrogen-bond donors (Lipinski definition) is 2. The third-order valence-corrected chi connectivity index (χ3v) is 5.49. The van der Waals surface area contributed by atoms with Gasteiger partial charge >= 0.3 is 5.97 Å². The van der Waals surface area contributed by atoms with Crippen molar-refractivity contribution in [3.63, 3.8) is 0 Å². The third kappa shape index (κ3) is 7.43. The van der Waals surface area contributed by atoms with E-state index in [1.54, 1.807) is 6.07 Å². The summed E-state index contributed by atoms with van der Waals surface area (Å²) in [7, 11) is 0. The number of benzene rings is 1. The lowest BCUT2D eigenvalue weighted by atomic mass is 9.75. The predicted molar refractivity (Wildman–Crippen MR) is 110 cm³/mol. The molecule has 0 aromatic heterocycles. The summed E-state index contributed by atoms with van der Waals surface area (Å²) in [6.45, 7) is 8.66. The number of para-hydroxylation sites is 1. The van der Waals surface area contributed by atoms with Gasteiger partial charge in [-0.3, -0.25) is 4.79 Å². The van der Waals surface area contributed by atoms with Crippen LogP contribution in [-0.2, 0) is 4.79 Å². The maximum Gasteiger partial charge on any atom is 0.317 e. The van der Waals surface area contributed by atoms with E-state index >= 15 is 0 Å². The molecule has 0 spiro atoms. The first-order valence-electron chi connectivity index (χ1n) is 10.6. The molecule has 0 amide bonds. The van der Waals surface area contributed by atoms with Gasteiger partial charge in [0.15, 0.2) is 11.5 Å². The molecule has 0 aliphatic heterocycles. The van der Waals surface area contributed by atoms with E-state index in [0.29, 0.717) is 5.92 Å². The standard InChI is InChI=1S/C23H38O4/c1-5-7-8-10-16-23(6-2,17-11-9-13-18(3)4)22(26)27-20-15-12-14-19(24)21(20)25/h12,14-15,18,24-25H,5-11,13,16-17H2,1-4H3. The average Bonchev–Trinajstić information content (AvgIpc) is 2.64. The van der Waals surface area contributed by atoms with Gasteiger partial charge in [-0.05, 0) is 37.3 Å². The second kappa shape index (κ2) is 11.9. The monoisotopic (exact) mass is 378 g/mol. The van der Waals surface area contributed by atoms with Crippen molar-refractivity contribution in [1.82, 2.24) is 0 Å². The molecular formula is C23H38O4. The van der Waals surface area contributed by atoms with Crippen LogP contribution >= 0.6 is 0 Å². The van der Waals surface area contributed by atoms with E-state index in [2.05, 4.69) is 20.8 Å². The van der Waals surface area contributed by atoms with E-state index in [0.717, 1.165) is 57.8 Å². The van der Waals surface area contributed by atoms with Crippen LogP contribution < -0.4 is 4.74 Å². The number of carbonyl (C=O) groups excluding carboxylic acids is 1. The van der Waals surface area contributed by atoms with Gasteiger partial charge in [0.25, 0.3) is 0 Å². The molecule has 27 heavy (non-hydrogen) atoms. The fraction of sp³-hybridized carbons (Fsp3) is 0.696. The summed E-state index contributed by atoms with van der Waals surface area (Å²) in [5, 5.41) is 19.6. The highest BCUT2D eigenvalue weighted by Crippen LogP contribution is 2.40. The van der Waals surface area contributed by atoms with Gasteiger partial charge in [-0.25, -0.2) is 0 Å². The second-order valence-corrected chi connectivity index (χ2v) is 8.10. The zero-order chi connectivity index (χ0) is 20.3. The number of hydrogen-bond acceptors (Lipinski definition) is 4. The Kier molecular flexibility index (Phi) is 10.3. The molecule has 1 aromatic rings. The Morgan fingerprint density at radius 1 is 1.04 bits per heavy atom. The number of esters is 1. The van der Waals surface area contributed by atoms with Crippen molar-refractivity contribution >= 4 is 5.97 Å². The van der Waals surface area contributed by atoms with Gasteiger partial charge < -0.3 is 14.9 Å². The van der Waals surface area contributed by atoms with E-state index in [9.17, 15) is 15.0 Å². The number of ether oxygens (including phenoxy) is 1. The minimum absolute atomic E-state index is 0.0357.